The molecule has 0 amide bonds. The molecule has 0 aliphatic rings. The molecule has 0 aromatic heterocycles. The van der Waals surface area contributed by atoms with Crippen LogP contribution in [-0.2, 0) is 19.1 Å². The monoisotopic (exact) mass is 214 g/mol. The van der Waals surface area contributed by atoms with E-state index in [1.807, 2.05) is 0 Å². The van der Waals surface area contributed by atoms with E-state index in [1.165, 1.54) is 14.0 Å². The van der Waals surface area contributed by atoms with Crippen molar-refractivity contribution in [2.24, 2.45) is 0 Å². The Morgan fingerprint density at radius 2 is 2.00 bits per heavy atom. The van der Waals surface area contributed by atoms with Gasteiger partial charge in [0.1, 0.15) is 0 Å². The first kappa shape index (κ1) is 13.4. The molecule has 0 aliphatic carbocycles. The molecule has 2 atom stereocenters. The van der Waals surface area contributed by atoms with Crippen LogP contribution in [0.3, 0.4) is 0 Å². The van der Waals surface area contributed by atoms with Gasteiger partial charge in [-0.1, -0.05) is 13.2 Å². The highest BCUT2D eigenvalue weighted by molar-refractivity contribution is 5.90. The van der Waals surface area contributed by atoms with Crippen LogP contribution in [0.2, 0.25) is 0 Å². The van der Waals surface area contributed by atoms with Gasteiger partial charge in [0.15, 0.2) is 6.10 Å². The third-order valence-electron chi connectivity index (χ3n) is 1.64. The van der Waals surface area contributed by atoms with E-state index in [0.717, 1.165) is 6.08 Å². The van der Waals surface area contributed by atoms with Gasteiger partial charge in [-0.25, -0.2) is 9.59 Å². The lowest BCUT2D eigenvalue weighted by molar-refractivity contribution is -0.148. The van der Waals surface area contributed by atoms with Crippen LogP contribution in [0.4, 0.5) is 0 Å². The molecule has 15 heavy (non-hydrogen) atoms. The molecule has 5 heteroatoms. The third kappa shape index (κ3) is 3.95. The molecular weight excluding hydrogens is 200 g/mol. The summed E-state index contributed by atoms with van der Waals surface area (Å²) in [5.41, 5.74) is -0.122. The summed E-state index contributed by atoms with van der Waals surface area (Å²) in [6.07, 6.45) is -1.25. The van der Waals surface area contributed by atoms with Crippen molar-refractivity contribution in [2.45, 2.75) is 19.1 Å². The van der Waals surface area contributed by atoms with E-state index in [0.29, 0.717) is 0 Å². The maximum absolute atomic E-state index is 11.1. The van der Waals surface area contributed by atoms with Crippen LogP contribution < -0.4 is 0 Å². The number of aliphatic hydroxyl groups is 1. The van der Waals surface area contributed by atoms with Gasteiger partial charge in [0.05, 0.1) is 18.8 Å². The molecule has 5 nitrogen and oxygen atoms in total. The number of ether oxygens (including phenoxy) is 2. The lowest BCUT2D eigenvalue weighted by atomic mass is 10.1. The Balaban J connectivity index is 4.66. The number of methoxy groups -OCH3 is 1. The largest absolute Gasteiger partial charge is 0.466 e. The van der Waals surface area contributed by atoms with E-state index in [2.05, 4.69) is 17.9 Å². The summed E-state index contributed by atoms with van der Waals surface area (Å²) in [5, 5.41) is 9.29. The molecule has 0 bridgehead atoms. The molecule has 1 N–H and O–H groups in total. The maximum Gasteiger partial charge on any atom is 0.337 e. The SMILES string of the molecule is C=CC(=O)OC(C(=C)C(=O)OC)C(C)O. The molecule has 0 aliphatic heterocycles. The average Bonchev–Trinajstić information content (AvgIpc) is 2.22. The van der Waals surface area contributed by atoms with E-state index >= 15 is 0 Å². The Kier molecular flexibility index (Phi) is 5.33. The predicted molar refractivity (Wildman–Crippen MR) is 52.9 cm³/mol. The zero-order valence-electron chi connectivity index (χ0n) is 8.73. The first-order valence-corrected chi connectivity index (χ1v) is 4.22. The predicted octanol–water partition coefficient (Wildman–Crippen LogP) is 0.194. The number of carbonyl (C=O) groups excluding carboxylic acids is 2. The van der Waals surface area contributed by atoms with Crippen LogP contribution in [0.1, 0.15) is 6.92 Å². The number of hydrogen-bond acceptors (Lipinski definition) is 5. The van der Waals surface area contributed by atoms with Gasteiger partial charge in [-0.15, -0.1) is 0 Å². The maximum atomic E-state index is 11.1. The number of aliphatic hydroxyl groups excluding tert-OH is 1. The Bertz CT molecular complexity index is 280. The second kappa shape index (κ2) is 5.98. The van der Waals surface area contributed by atoms with Gasteiger partial charge in [0, 0.05) is 6.08 Å². The van der Waals surface area contributed by atoms with Gasteiger partial charge in [-0.2, -0.15) is 0 Å². The molecule has 0 heterocycles. The van der Waals surface area contributed by atoms with Crippen molar-refractivity contribution in [3.63, 3.8) is 0 Å². The first-order valence-electron chi connectivity index (χ1n) is 4.22. The standard InChI is InChI=1S/C10H14O5/c1-5-8(12)15-9(7(3)11)6(2)10(13)14-4/h5,7,9,11H,1-2H2,3-4H3. The molecule has 0 saturated heterocycles. The summed E-state index contributed by atoms with van der Waals surface area (Å²) in [6, 6.07) is 0. The molecule has 0 spiro atoms. The van der Waals surface area contributed by atoms with Crippen molar-refractivity contribution >= 4 is 11.9 Å². The Morgan fingerprint density at radius 1 is 1.47 bits per heavy atom. The minimum Gasteiger partial charge on any atom is -0.466 e. The van der Waals surface area contributed by atoms with E-state index in [9.17, 15) is 14.7 Å². The summed E-state index contributed by atoms with van der Waals surface area (Å²) < 4.78 is 9.13. The lowest BCUT2D eigenvalue weighted by Crippen LogP contribution is -2.33. The fourth-order valence-electron chi connectivity index (χ4n) is 0.881. The molecule has 0 fully saturated rings. The van der Waals surface area contributed by atoms with Gasteiger partial charge < -0.3 is 14.6 Å². The molecule has 0 aromatic carbocycles. The summed E-state index contributed by atoms with van der Waals surface area (Å²) in [7, 11) is 1.17. The van der Waals surface area contributed by atoms with E-state index in [1.54, 1.807) is 0 Å². The lowest BCUT2D eigenvalue weighted by Gasteiger charge is -2.20. The zero-order valence-corrected chi connectivity index (χ0v) is 8.73. The number of carbonyl (C=O) groups is 2. The zero-order chi connectivity index (χ0) is 12.0. The molecule has 2 unspecified atom stereocenters. The first-order chi connectivity index (χ1) is 6.93. The highest BCUT2D eigenvalue weighted by Crippen LogP contribution is 2.11. The van der Waals surface area contributed by atoms with Gasteiger partial charge >= 0.3 is 11.9 Å². The Labute approximate surface area is 88.0 Å². The van der Waals surface area contributed by atoms with E-state index < -0.39 is 24.1 Å². The Hall–Kier alpha value is -1.62. The van der Waals surface area contributed by atoms with Crippen LogP contribution in [0, 0.1) is 0 Å². The average molecular weight is 214 g/mol. The number of hydrogen-bond donors (Lipinski definition) is 1. The quantitative estimate of drug-likeness (QED) is 0.522. The summed E-state index contributed by atoms with van der Waals surface area (Å²) >= 11 is 0. The normalized spacial score (nSPS) is 13.5. The van der Waals surface area contributed by atoms with Crippen molar-refractivity contribution in [3.05, 3.63) is 24.8 Å². The molecule has 84 valence electrons. The van der Waals surface area contributed by atoms with E-state index in [4.69, 9.17) is 4.74 Å². The number of esters is 2. The fourth-order valence-corrected chi connectivity index (χ4v) is 0.881. The van der Waals surface area contributed by atoms with Crippen LogP contribution in [0.25, 0.3) is 0 Å². The number of rotatable bonds is 5. The van der Waals surface area contributed by atoms with Crippen molar-refractivity contribution in [1.82, 2.24) is 0 Å². The van der Waals surface area contributed by atoms with Crippen molar-refractivity contribution in [3.8, 4) is 0 Å². The minimum absolute atomic E-state index is 0.122. The topological polar surface area (TPSA) is 72.8 Å². The summed E-state index contributed by atoms with van der Waals surface area (Å²) in [6.45, 7) is 7.95. The summed E-state index contributed by atoms with van der Waals surface area (Å²) in [4.78, 5) is 22.0. The highest BCUT2D eigenvalue weighted by atomic mass is 16.6. The van der Waals surface area contributed by atoms with Crippen LogP contribution in [0.5, 0.6) is 0 Å². The smallest absolute Gasteiger partial charge is 0.337 e. The van der Waals surface area contributed by atoms with Gasteiger partial charge in [0.2, 0.25) is 0 Å². The van der Waals surface area contributed by atoms with E-state index in [-0.39, 0.29) is 5.57 Å². The second-order valence-corrected chi connectivity index (χ2v) is 2.82. The second-order valence-electron chi connectivity index (χ2n) is 2.82. The minimum atomic E-state index is -1.12. The van der Waals surface area contributed by atoms with Crippen LogP contribution in [0.15, 0.2) is 24.8 Å². The van der Waals surface area contributed by atoms with Gasteiger partial charge in [-0.3, -0.25) is 0 Å². The fraction of sp³-hybridized carbons (Fsp3) is 0.400. The molecule has 0 aromatic rings. The molecule has 0 saturated carbocycles. The van der Waals surface area contributed by atoms with Crippen LogP contribution >= 0.6 is 0 Å². The van der Waals surface area contributed by atoms with Gasteiger partial charge in [0.25, 0.3) is 0 Å². The van der Waals surface area contributed by atoms with Crippen molar-refractivity contribution in [1.29, 1.82) is 0 Å². The van der Waals surface area contributed by atoms with Crippen LogP contribution in [-0.4, -0.2) is 36.4 Å². The van der Waals surface area contributed by atoms with Crippen molar-refractivity contribution < 1.29 is 24.2 Å². The molecular formula is C10H14O5. The third-order valence-corrected chi connectivity index (χ3v) is 1.64. The Morgan fingerprint density at radius 3 is 2.33 bits per heavy atom. The molecule has 0 rings (SSSR count). The summed E-state index contributed by atoms with van der Waals surface area (Å²) in [5.74, 6) is -1.48. The van der Waals surface area contributed by atoms with Gasteiger partial charge in [-0.05, 0) is 6.92 Å². The van der Waals surface area contributed by atoms with Crippen molar-refractivity contribution in [2.75, 3.05) is 7.11 Å². The molecule has 0 radical (unpaired) electrons. The highest BCUT2D eigenvalue weighted by Gasteiger charge is 2.27.